The standard InChI is InChI=1S/2C24H27NO9.2CH4/c2*1-16(26)32-15-33-24(29)34-20-11-6-18(7-12-20)14-21(23(28)31-3)25-22(27)13-8-17-4-9-19(30-2)10-5-17;;/h2*4-7,9-12,21H,8,13-15H2,1-3H3,(H,25,27);2*1H4. The van der Waals surface area contributed by atoms with Gasteiger partial charge in [0.15, 0.2) is 0 Å². The predicted molar refractivity (Wildman–Crippen MR) is 252 cm³/mol. The van der Waals surface area contributed by atoms with E-state index in [-0.39, 0.29) is 63.8 Å². The molecule has 4 aromatic carbocycles. The van der Waals surface area contributed by atoms with Crippen LogP contribution in [-0.4, -0.2) is 102 Å². The van der Waals surface area contributed by atoms with Crippen molar-refractivity contribution in [1.82, 2.24) is 10.6 Å². The summed E-state index contributed by atoms with van der Waals surface area (Å²) in [6, 6.07) is 25.5. The number of nitrogens with one attached hydrogen (secondary N) is 2. The van der Waals surface area contributed by atoms with E-state index in [1.54, 1.807) is 38.5 Å². The first-order chi connectivity index (χ1) is 32.6. The summed E-state index contributed by atoms with van der Waals surface area (Å²) in [7, 11) is 5.66. The highest BCUT2D eigenvalue weighted by atomic mass is 16.8. The van der Waals surface area contributed by atoms with Gasteiger partial charge in [-0.15, -0.1) is 0 Å². The van der Waals surface area contributed by atoms with E-state index in [1.165, 1.54) is 52.3 Å². The van der Waals surface area contributed by atoms with Crippen LogP contribution in [0.4, 0.5) is 9.59 Å². The topological polar surface area (TPSA) is 253 Å². The van der Waals surface area contributed by atoms with Crippen LogP contribution < -0.4 is 29.6 Å². The number of hydrogen-bond donors (Lipinski definition) is 2. The molecule has 4 rings (SSSR count). The van der Waals surface area contributed by atoms with Crippen LogP contribution in [-0.2, 0) is 82.9 Å². The van der Waals surface area contributed by atoms with Gasteiger partial charge in [0.05, 0.1) is 28.4 Å². The van der Waals surface area contributed by atoms with Gasteiger partial charge in [0.1, 0.15) is 35.1 Å². The lowest BCUT2D eigenvalue weighted by Gasteiger charge is -2.17. The van der Waals surface area contributed by atoms with Crippen molar-refractivity contribution in [2.45, 2.75) is 79.3 Å². The number of methoxy groups -OCH3 is 4. The molecule has 0 aliphatic carbocycles. The second-order valence-corrected chi connectivity index (χ2v) is 14.2. The average Bonchev–Trinajstić information content (AvgIpc) is 3.33. The summed E-state index contributed by atoms with van der Waals surface area (Å²) >= 11 is 0. The molecular formula is C50H62N2O18. The first-order valence-electron chi connectivity index (χ1n) is 20.7. The molecule has 0 aliphatic rings. The van der Waals surface area contributed by atoms with E-state index >= 15 is 0 Å². The highest BCUT2D eigenvalue weighted by Crippen LogP contribution is 2.18. The molecule has 0 bridgehead atoms. The molecule has 0 aromatic heterocycles. The van der Waals surface area contributed by atoms with Crippen molar-refractivity contribution in [3.8, 4) is 23.0 Å². The van der Waals surface area contributed by atoms with Crippen molar-refractivity contribution in [2.24, 2.45) is 0 Å². The molecule has 0 heterocycles. The van der Waals surface area contributed by atoms with Crippen LogP contribution in [0.3, 0.4) is 0 Å². The Hall–Kier alpha value is -8.16. The van der Waals surface area contributed by atoms with Crippen molar-refractivity contribution < 1.29 is 85.7 Å². The van der Waals surface area contributed by atoms with E-state index in [0.29, 0.717) is 24.0 Å². The van der Waals surface area contributed by atoms with Gasteiger partial charge in [-0.05, 0) is 83.6 Å². The highest BCUT2D eigenvalue weighted by Gasteiger charge is 2.24. The third kappa shape index (κ3) is 23.5. The summed E-state index contributed by atoms with van der Waals surface area (Å²) in [5.41, 5.74) is 3.33. The van der Waals surface area contributed by atoms with Gasteiger partial charge in [-0.2, -0.15) is 0 Å². The number of ether oxygens (including phenoxy) is 10. The molecule has 0 fully saturated rings. The van der Waals surface area contributed by atoms with Crippen LogP contribution in [0.25, 0.3) is 0 Å². The van der Waals surface area contributed by atoms with Crippen LogP contribution in [0.1, 0.15) is 63.8 Å². The molecule has 0 saturated carbocycles. The summed E-state index contributed by atoms with van der Waals surface area (Å²) < 4.78 is 47.9. The van der Waals surface area contributed by atoms with Gasteiger partial charge >= 0.3 is 36.2 Å². The summed E-state index contributed by atoms with van der Waals surface area (Å²) in [6.45, 7) is 1.26. The zero-order valence-electron chi connectivity index (χ0n) is 38.4. The normalized spacial score (nSPS) is 10.7. The first kappa shape index (κ1) is 59.9. The monoisotopic (exact) mass is 978 g/mol. The molecule has 2 N–H and O–H groups in total. The molecule has 0 radical (unpaired) electrons. The molecule has 2 amide bonds. The molecule has 2 atom stereocenters. The minimum Gasteiger partial charge on any atom is -0.497 e. The Morgan fingerprint density at radius 2 is 0.729 bits per heavy atom. The maximum Gasteiger partial charge on any atom is 0.516 e. The van der Waals surface area contributed by atoms with Gasteiger partial charge < -0.3 is 58.0 Å². The first-order valence-corrected chi connectivity index (χ1v) is 20.7. The van der Waals surface area contributed by atoms with Crippen LogP contribution >= 0.6 is 0 Å². The molecule has 0 aliphatic heterocycles. The lowest BCUT2D eigenvalue weighted by molar-refractivity contribution is -0.151. The van der Waals surface area contributed by atoms with E-state index in [4.69, 9.17) is 28.4 Å². The minimum atomic E-state index is -1.04. The van der Waals surface area contributed by atoms with Crippen molar-refractivity contribution >= 4 is 48.0 Å². The van der Waals surface area contributed by atoms with Gasteiger partial charge in [0.2, 0.25) is 25.4 Å². The molecule has 380 valence electrons. The molecule has 4 aromatic rings. The molecule has 70 heavy (non-hydrogen) atoms. The van der Waals surface area contributed by atoms with Crippen LogP contribution in [0.15, 0.2) is 97.1 Å². The zero-order valence-corrected chi connectivity index (χ0v) is 38.4. The number of aryl methyl sites for hydroxylation is 2. The number of carbonyl (C=O) groups excluding carboxylic acids is 8. The molecule has 20 heteroatoms. The lowest BCUT2D eigenvalue weighted by atomic mass is 10.0. The zero-order chi connectivity index (χ0) is 49.8. The Morgan fingerprint density at radius 1 is 0.429 bits per heavy atom. The summed E-state index contributed by atoms with van der Waals surface area (Å²) in [6.07, 6.45) is -0.316. The molecule has 0 spiro atoms. The third-order valence-corrected chi connectivity index (χ3v) is 9.25. The van der Waals surface area contributed by atoms with Crippen molar-refractivity contribution in [3.63, 3.8) is 0 Å². The average molecular weight is 979 g/mol. The Bertz CT molecular complexity index is 2100. The predicted octanol–water partition coefficient (Wildman–Crippen LogP) is 6.40. The largest absolute Gasteiger partial charge is 0.516 e. The summed E-state index contributed by atoms with van der Waals surface area (Å²) in [4.78, 5) is 93.6. The Labute approximate surface area is 407 Å². The fourth-order valence-corrected chi connectivity index (χ4v) is 5.74. The fraction of sp³-hybridized carbons (Fsp3) is 0.360. The van der Waals surface area contributed by atoms with Crippen LogP contribution in [0.5, 0.6) is 23.0 Å². The number of amides is 2. The van der Waals surface area contributed by atoms with E-state index in [1.807, 2.05) is 48.5 Å². The smallest absolute Gasteiger partial charge is 0.497 e. The molecular weight excluding hydrogens is 917 g/mol. The molecule has 20 nitrogen and oxygen atoms in total. The molecule has 0 saturated heterocycles. The lowest BCUT2D eigenvalue weighted by Crippen LogP contribution is -2.43. The van der Waals surface area contributed by atoms with Gasteiger partial charge in [0, 0.05) is 39.5 Å². The maximum absolute atomic E-state index is 12.4. The van der Waals surface area contributed by atoms with E-state index < -0.39 is 61.9 Å². The van der Waals surface area contributed by atoms with Crippen LogP contribution in [0, 0.1) is 0 Å². The third-order valence-electron chi connectivity index (χ3n) is 9.25. The second-order valence-electron chi connectivity index (χ2n) is 14.2. The van der Waals surface area contributed by atoms with Crippen LogP contribution in [0.2, 0.25) is 0 Å². The van der Waals surface area contributed by atoms with Gasteiger partial charge in [-0.25, -0.2) is 19.2 Å². The maximum atomic E-state index is 12.4. The summed E-state index contributed by atoms with van der Waals surface area (Å²) in [5.74, 6) is -1.08. The van der Waals surface area contributed by atoms with Gasteiger partial charge in [0.25, 0.3) is 0 Å². The number of hydrogen-bond acceptors (Lipinski definition) is 18. The molecule has 2 unspecified atom stereocenters. The highest BCUT2D eigenvalue weighted by molar-refractivity contribution is 5.85. The Morgan fingerprint density at radius 3 is 1.01 bits per heavy atom. The SMILES string of the molecule is C.C.COC(=O)C(Cc1ccc(OC(=O)OCOC(C)=O)cc1)NC(=O)CCc1ccc(OC)cc1.COC(=O)C(Cc1ccc(OC(=O)OCOC(C)=O)cc1)NC(=O)CCc1ccc(OC)cc1. The fourth-order valence-electron chi connectivity index (χ4n) is 5.74. The quantitative estimate of drug-likeness (QED) is 0.0374. The van der Waals surface area contributed by atoms with E-state index in [0.717, 1.165) is 22.6 Å². The van der Waals surface area contributed by atoms with Crippen molar-refractivity contribution in [1.29, 1.82) is 0 Å². The number of benzene rings is 4. The summed E-state index contributed by atoms with van der Waals surface area (Å²) in [5, 5.41) is 5.41. The van der Waals surface area contributed by atoms with E-state index in [9.17, 15) is 38.4 Å². The van der Waals surface area contributed by atoms with Gasteiger partial charge in [-0.3, -0.25) is 19.2 Å². The second kappa shape index (κ2) is 32.5. The number of rotatable bonds is 22. The van der Waals surface area contributed by atoms with Crippen molar-refractivity contribution in [2.75, 3.05) is 42.0 Å². The van der Waals surface area contributed by atoms with Crippen molar-refractivity contribution in [3.05, 3.63) is 119 Å². The number of carbonyl (C=O) groups is 8. The van der Waals surface area contributed by atoms with E-state index in [2.05, 4.69) is 29.6 Å². The minimum absolute atomic E-state index is 0. The Kier molecular flexibility index (Phi) is 27.8. The number of esters is 4. The Balaban J connectivity index is 0.000000681. The van der Waals surface area contributed by atoms with Gasteiger partial charge in [-0.1, -0.05) is 63.4 Å².